The van der Waals surface area contributed by atoms with Gasteiger partial charge in [-0.1, -0.05) is 183 Å². The van der Waals surface area contributed by atoms with Crippen LogP contribution in [-0.2, 0) is 28.6 Å². The molecule has 1 unspecified atom stereocenters. The predicted molar refractivity (Wildman–Crippen MR) is 261 cm³/mol. The summed E-state index contributed by atoms with van der Waals surface area (Å²) in [5, 5.41) is 0. The first kappa shape index (κ1) is 57.6. The van der Waals surface area contributed by atoms with Crippen molar-refractivity contribution in [1.82, 2.24) is 0 Å². The summed E-state index contributed by atoms with van der Waals surface area (Å²) >= 11 is 0. The zero-order valence-electron chi connectivity index (χ0n) is 39.7. The van der Waals surface area contributed by atoms with Crippen molar-refractivity contribution >= 4 is 17.9 Å². The maximum Gasteiger partial charge on any atom is 0.306 e. The Bertz CT molecular complexity index is 1200. The number of hydrogen-bond acceptors (Lipinski definition) is 6. The zero-order valence-corrected chi connectivity index (χ0v) is 39.7. The molecule has 0 radical (unpaired) electrons. The molecule has 0 spiro atoms. The Balaban J connectivity index is 4.46. The molecule has 0 bridgehead atoms. The highest BCUT2D eigenvalue weighted by molar-refractivity contribution is 5.71. The van der Waals surface area contributed by atoms with Crippen LogP contribution < -0.4 is 0 Å². The summed E-state index contributed by atoms with van der Waals surface area (Å²) < 4.78 is 16.7. The highest BCUT2D eigenvalue weighted by Gasteiger charge is 2.19. The Kier molecular flexibility index (Phi) is 46.5. The third-order valence-electron chi connectivity index (χ3n) is 10.4. The Morgan fingerprint density at radius 1 is 0.344 bits per heavy atom. The van der Waals surface area contributed by atoms with E-state index in [0.717, 1.165) is 122 Å². The van der Waals surface area contributed by atoms with Gasteiger partial charge in [0.05, 0.1) is 0 Å². The molecule has 0 aromatic rings. The number of allylic oxidation sites excluding steroid dienone is 14. The topological polar surface area (TPSA) is 78.9 Å². The van der Waals surface area contributed by atoms with Crippen LogP contribution in [0.15, 0.2) is 85.1 Å². The van der Waals surface area contributed by atoms with Crippen molar-refractivity contribution in [3.05, 3.63) is 85.1 Å². The fourth-order valence-electron chi connectivity index (χ4n) is 6.64. The average Bonchev–Trinajstić information content (AvgIpc) is 3.26. The van der Waals surface area contributed by atoms with Gasteiger partial charge in [0.15, 0.2) is 6.10 Å². The van der Waals surface area contributed by atoms with E-state index in [-0.39, 0.29) is 31.1 Å². The number of ether oxygens (including phenoxy) is 3. The van der Waals surface area contributed by atoms with E-state index in [2.05, 4.69) is 106 Å². The quantitative estimate of drug-likeness (QED) is 0.0263. The molecule has 0 saturated heterocycles. The van der Waals surface area contributed by atoms with Crippen LogP contribution in [0, 0.1) is 0 Å². The van der Waals surface area contributed by atoms with Gasteiger partial charge >= 0.3 is 17.9 Å². The zero-order chi connectivity index (χ0) is 44.4. The van der Waals surface area contributed by atoms with E-state index in [1.165, 1.54) is 64.2 Å². The van der Waals surface area contributed by atoms with E-state index in [1.807, 2.05) is 0 Å². The molecule has 0 amide bonds. The molecule has 6 nitrogen and oxygen atoms in total. The Labute approximate surface area is 375 Å². The minimum Gasteiger partial charge on any atom is -0.462 e. The number of carbonyl (C=O) groups is 3. The van der Waals surface area contributed by atoms with Crippen molar-refractivity contribution in [3.63, 3.8) is 0 Å². The maximum absolute atomic E-state index is 12.8. The van der Waals surface area contributed by atoms with Gasteiger partial charge in [-0.15, -0.1) is 0 Å². The molecule has 61 heavy (non-hydrogen) atoms. The minimum atomic E-state index is -0.797. The van der Waals surface area contributed by atoms with E-state index in [0.29, 0.717) is 19.3 Å². The molecule has 0 rings (SSSR count). The largest absolute Gasteiger partial charge is 0.462 e. The van der Waals surface area contributed by atoms with Gasteiger partial charge in [0.1, 0.15) is 13.2 Å². The molecule has 0 aliphatic heterocycles. The Hall–Kier alpha value is -3.41. The molecule has 0 heterocycles. The van der Waals surface area contributed by atoms with Gasteiger partial charge in [-0.25, -0.2) is 0 Å². The smallest absolute Gasteiger partial charge is 0.306 e. The van der Waals surface area contributed by atoms with E-state index >= 15 is 0 Å². The van der Waals surface area contributed by atoms with Crippen molar-refractivity contribution in [2.24, 2.45) is 0 Å². The van der Waals surface area contributed by atoms with E-state index < -0.39 is 6.10 Å². The molecule has 6 heteroatoms. The fourth-order valence-corrected chi connectivity index (χ4v) is 6.64. The molecule has 0 aliphatic rings. The molecular formula is C55H92O6. The standard InChI is InChI=1S/C55H92O6/c1-4-7-10-13-16-19-22-25-27-29-30-33-36-39-42-45-48-54(57)60-51-52(50-59-53(56)47-44-41-38-35-32-24-21-18-15-12-9-6-3)61-55(58)49-46-43-40-37-34-31-28-26-23-20-17-14-11-8-5-2/h7,9-10,12,16,18-21,23,25,27,30,33,52H,4-6,8,11,13-15,17,22,24,26,28-29,31-32,34-51H2,1-3H3/b10-7-,12-9-,19-16-,21-18-,23-20-,27-25-,33-30-. The van der Waals surface area contributed by atoms with Crippen molar-refractivity contribution in [3.8, 4) is 0 Å². The number of esters is 3. The molecule has 1 atom stereocenters. The van der Waals surface area contributed by atoms with Gasteiger partial charge in [0.2, 0.25) is 0 Å². The molecule has 0 aliphatic carbocycles. The summed E-state index contributed by atoms with van der Waals surface area (Å²) in [7, 11) is 0. The van der Waals surface area contributed by atoms with Gasteiger partial charge in [-0.2, -0.15) is 0 Å². The highest BCUT2D eigenvalue weighted by Crippen LogP contribution is 2.13. The lowest BCUT2D eigenvalue weighted by Crippen LogP contribution is -2.30. The maximum atomic E-state index is 12.8. The van der Waals surface area contributed by atoms with Crippen molar-refractivity contribution < 1.29 is 28.6 Å². The summed E-state index contributed by atoms with van der Waals surface area (Å²) in [4.78, 5) is 37.9. The van der Waals surface area contributed by atoms with Crippen LogP contribution in [-0.4, -0.2) is 37.2 Å². The third-order valence-corrected chi connectivity index (χ3v) is 10.4. The molecule has 0 fully saturated rings. The predicted octanol–water partition coefficient (Wildman–Crippen LogP) is 16.4. The van der Waals surface area contributed by atoms with Crippen LogP contribution in [0.25, 0.3) is 0 Å². The lowest BCUT2D eigenvalue weighted by atomic mass is 10.1. The molecular weight excluding hydrogens is 757 g/mol. The summed E-state index contributed by atoms with van der Waals surface area (Å²) in [5.74, 6) is -0.949. The number of unbranched alkanes of at least 4 members (excludes halogenated alkanes) is 19. The molecule has 0 aromatic carbocycles. The van der Waals surface area contributed by atoms with Crippen LogP contribution in [0.3, 0.4) is 0 Å². The monoisotopic (exact) mass is 849 g/mol. The average molecular weight is 849 g/mol. The van der Waals surface area contributed by atoms with E-state index in [4.69, 9.17) is 14.2 Å². The van der Waals surface area contributed by atoms with Crippen molar-refractivity contribution in [1.29, 1.82) is 0 Å². The van der Waals surface area contributed by atoms with Crippen LogP contribution in [0.1, 0.15) is 226 Å². The van der Waals surface area contributed by atoms with Gasteiger partial charge in [0.25, 0.3) is 0 Å². The lowest BCUT2D eigenvalue weighted by Gasteiger charge is -2.18. The SMILES string of the molecule is CC/C=C\C/C=C\C/C=C\C/C=C\CCCCCC(=O)OCC(COC(=O)CCCCCCC/C=C\C/C=C\CC)OC(=O)CCCCCCCCC/C=C\CCCCCC. The minimum absolute atomic E-state index is 0.0967. The van der Waals surface area contributed by atoms with Gasteiger partial charge in [-0.3, -0.25) is 14.4 Å². The Morgan fingerprint density at radius 3 is 1.03 bits per heavy atom. The molecule has 0 N–H and O–H groups in total. The van der Waals surface area contributed by atoms with Crippen molar-refractivity contribution in [2.45, 2.75) is 232 Å². The summed E-state index contributed by atoms with van der Waals surface area (Å²) in [6, 6.07) is 0. The summed E-state index contributed by atoms with van der Waals surface area (Å²) in [5.41, 5.74) is 0. The van der Waals surface area contributed by atoms with Gasteiger partial charge in [0, 0.05) is 19.3 Å². The number of rotatable bonds is 44. The molecule has 0 saturated carbocycles. The second-order valence-corrected chi connectivity index (χ2v) is 16.3. The van der Waals surface area contributed by atoms with Crippen LogP contribution >= 0.6 is 0 Å². The normalized spacial score (nSPS) is 12.8. The molecule has 348 valence electrons. The second-order valence-electron chi connectivity index (χ2n) is 16.3. The summed E-state index contributed by atoms with van der Waals surface area (Å²) in [6.07, 6.45) is 62.8. The summed E-state index contributed by atoms with van der Waals surface area (Å²) in [6.45, 7) is 6.35. The third kappa shape index (κ3) is 47.5. The first-order valence-corrected chi connectivity index (χ1v) is 25.1. The number of carbonyl (C=O) groups excluding carboxylic acids is 3. The lowest BCUT2D eigenvalue weighted by molar-refractivity contribution is -0.167. The first-order chi connectivity index (χ1) is 30.0. The van der Waals surface area contributed by atoms with Crippen molar-refractivity contribution in [2.75, 3.05) is 13.2 Å². The van der Waals surface area contributed by atoms with Crippen LogP contribution in [0.5, 0.6) is 0 Å². The van der Waals surface area contributed by atoms with E-state index in [9.17, 15) is 14.4 Å². The highest BCUT2D eigenvalue weighted by atomic mass is 16.6. The second kappa shape index (κ2) is 49.2. The van der Waals surface area contributed by atoms with Crippen LogP contribution in [0.2, 0.25) is 0 Å². The first-order valence-electron chi connectivity index (χ1n) is 25.1. The van der Waals surface area contributed by atoms with Gasteiger partial charge in [-0.05, 0) is 109 Å². The molecule has 0 aromatic heterocycles. The number of hydrogen-bond donors (Lipinski definition) is 0. The van der Waals surface area contributed by atoms with E-state index in [1.54, 1.807) is 0 Å². The van der Waals surface area contributed by atoms with Crippen LogP contribution in [0.4, 0.5) is 0 Å². The Morgan fingerprint density at radius 2 is 0.639 bits per heavy atom. The van der Waals surface area contributed by atoms with Gasteiger partial charge < -0.3 is 14.2 Å². The fraction of sp³-hybridized carbons (Fsp3) is 0.691.